The van der Waals surface area contributed by atoms with Gasteiger partial charge in [0.05, 0.1) is 39.9 Å². The van der Waals surface area contributed by atoms with Gasteiger partial charge < -0.3 is 28.8 Å². The van der Waals surface area contributed by atoms with E-state index < -0.39 is 20.0 Å². The molecule has 0 rings (SSSR count). The van der Waals surface area contributed by atoms with Gasteiger partial charge >= 0.3 is 0 Å². The highest BCUT2D eigenvalue weighted by Gasteiger charge is 2.23. The van der Waals surface area contributed by atoms with Crippen molar-refractivity contribution >= 4 is 13.7 Å². The number of nitrogens with one attached hydrogen (secondary N) is 1. The van der Waals surface area contributed by atoms with Crippen molar-refractivity contribution in [3.05, 3.63) is 36.5 Å². The fraction of sp³-hybridized carbons (Fsp3) is 0.883. The van der Waals surface area contributed by atoms with Crippen LogP contribution in [0.5, 0.6) is 0 Å². The van der Waals surface area contributed by atoms with Crippen molar-refractivity contribution in [1.82, 2.24) is 5.32 Å². The first-order valence-corrected chi connectivity index (χ1v) is 31.3. The Kier molecular flexibility index (Phi) is 50.7. The third-order valence-electron chi connectivity index (χ3n) is 13.6. The van der Waals surface area contributed by atoms with Crippen LogP contribution in [0.3, 0.4) is 0 Å². The van der Waals surface area contributed by atoms with Crippen molar-refractivity contribution in [2.24, 2.45) is 0 Å². The standard InChI is InChI=1S/C60H117N2O6P/c1-6-8-10-12-14-16-18-20-22-24-25-26-27-28-29-30-31-32-33-34-35-36-38-39-41-43-45-47-49-51-53-59(63)58(57-68-69(65,66)67-56-55-62(3,4)5)61-60(64)54-52-50-48-46-44-42-40-37-23-21-19-17-15-13-11-9-7-2/h15,17,21,23,51,53,58-59,63H,6-14,16,18-20,22,24-50,52,54-57H2,1-5H3,(H-,61,64,65,66)/b17-15-,23-21-,53-51+. The summed E-state index contributed by atoms with van der Waals surface area (Å²) in [5.74, 6) is -0.203. The van der Waals surface area contributed by atoms with Crippen molar-refractivity contribution in [3.8, 4) is 0 Å². The molecule has 0 fully saturated rings. The van der Waals surface area contributed by atoms with Crippen molar-refractivity contribution in [3.63, 3.8) is 0 Å². The number of likely N-dealkylation sites (N-methyl/N-ethyl adjacent to an activating group) is 1. The van der Waals surface area contributed by atoms with Crippen LogP contribution in [0.4, 0.5) is 0 Å². The number of phosphoric ester groups is 1. The van der Waals surface area contributed by atoms with Crippen LogP contribution in [0.2, 0.25) is 0 Å². The maximum atomic E-state index is 12.9. The zero-order chi connectivity index (χ0) is 50.6. The normalized spacial score (nSPS) is 14.1. The zero-order valence-electron chi connectivity index (χ0n) is 46.5. The number of rotatable bonds is 55. The van der Waals surface area contributed by atoms with Crippen LogP contribution in [0.1, 0.15) is 290 Å². The first-order valence-electron chi connectivity index (χ1n) is 29.9. The molecular weight excluding hydrogens is 876 g/mol. The maximum absolute atomic E-state index is 12.9. The van der Waals surface area contributed by atoms with Gasteiger partial charge in [-0.1, -0.05) is 269 Å². The third kappa shape index (κ3) is 54.3. The molecule has 0 bridgehead atoms. The predicted octanol–water partition coefficient (Wildman–Crippen LogP) is 17.5. The molecular formula is C60H117N2O6P. The molecule has 3 atom stereocenters. The SMILES string of the molecule is CCCCC/C=C\C/C=C\CCCCCCCCCC(=O)NC(COP(=O)([O-])OCC[N+](C)(C)C)C(O)/C=C/CCCCCCCCCCCCCCCCCCCCCCCCCCCCCC. The second-order valence-corrected chi connectivity index (χ2v) is 23.1. The number of hydrogen-bond acceptors (Lipinski definition) is 6. The molecule has 0 aliphatic heterocycles. The van der Waals surface area contributed by atoms with E-state index in [9.17, 15) is 19.4 Å². The molecule has 2 N–H and O–H groups in total. The summed E-state index contributed by atoms with van der Waals surface area (Å²) in [5.41, 5.74) is 0. The van der Waals surface area contributed by atoms with Gasteiger partial charge in [0.15, 0.2) is 0 Å². The van der Waals surface area contributed by atoms with Crippen LogP contribution in [0.25, 0.3) is 0 Å². The number of allylic oxidation sites excluding steroid dienone is 5. The van der Waals surface area contributed by atoms with Crippen molar-refractivity contribution in [2.45, 2.75) is 302 Å². The Morgan fingerprint density at radius 1 is 0.507 bits per heavy atom. The molecule has 3 unspecified atom stereocenters. The molecule has 0 aliphatic rings. The Balaban J connectivity index is 4.12. The quantitative estimate of drug-likeness (QED) is 0.0272. The predicted molar refractivity (Wildman–Crippen MR) is 298 cm³/mol. The van der Waals surface area contributed by atoms with Crippen molar-refractivity contribution in [2.75, 3.05) is 40.9 Å². The van der Waals surface area contributed by atoms with Crippen LogP contribution in [-0.2, 0) is 18.4 Å². The van der Waals surface area contributed by atoms with Crippen molar-refractivity contribution in [1.29, 1.82) is 0 Å². The van der Waals surface area contributed by atoms with E-state index in [-0.39, 0.29) is 19.1 Å². The minimum Gasteiger partial charge on any atom is -0.756 e. The molecule has 0 saturated heterocycles. The number of hydrogen-bond donors (Lipinski definition) is 2. The lowest BCUT2D eigenvalue weighted by molar-refractivity contribution is -0.870. The van der Waals surface area contributed by atoms with Crippen LogP contribution >= 0.6 is 7.82 Å². The lowest BCUT2D eigenvalue weighted by Gasteiger charge is -2.29. The fourth-order valence-electron chi connectivity index (χ4n) is 8.89. The number of unbranched alkanes of at least 4 members (excludes halogenated alkanes) is 38. The number of phosphoric acid groups is 1. The Hall–Kier alpha value is -1.28. The average Bonchev–Trinajstić information content (AvgIpc) is 3.31. The third-order valence-corrected chi connectivity index (χ3v) is 14.6. The molecule has 1 amide bonds. The van der Waals surface area contributed by atoms with E-state index in [1.165, 1.54) is 218 Å². The van der Waals surface area contributed by atoms with E-state index in [1.807, 2.05) is 27.2 Å². The minimum absolute atomic E-state index is 0.00238. The molecule has 0 heterocycles. The van der Waals surface area contributed by atoms with E-state index in [4.69, 9.17) is 9.05 Å². The lowest BCUT2D eigenvalue weighted by Crippen LogP contribution is -2.45. The van der Waals surface area contributed by atoms with Crippen LogP contribution in [-0.4, -0.2) is 68.5 Å². The van der Waals surface area contributed by atoms with Gasteiger partial charge in [-0.05, 0) is 51.4 Å². The number of nitrogens with zero attached hydrogens (tertiary/aromatic N) is 1. The average molecular weight is 994 g/mol. The van der Waals surface area contributed by atoms with E-state index >= 15 is 0 Å². The molecule has 9 heteroatoms. The Morgan fingerprint density at radius 2 is 0.841 bits per heavy atom. The van der Waals surface area contributed by atoms with Gasteiger partial charge in [0.2, 0.25) is 5.91 Å². The minimum atomic E-state index is -4.60. The monoisotopic (exact) mass is 993 g/mol. The van der Waals surface area contributed by atoms with Crippen molar-refractivity contribution < 1.29 is 32.9 Å². The summed E-state index contributed by atoms with van der Waals surface area (Å²) in [6.45, 7) is 4.65. The van der Waals surface area contributed by atoms with E-state index in [0.29, 0.717) is 17.4 Å². The number of amides is 1. The molecule has 408 valence electrons. The van der Waals surface area contributed by atoms with Gasteiger partial charge in [0.25, 0.3) is 7.82 Å². The maximum Gasteiger partial charge on any atom is 0.268 e. The highest BCUT2D eigenvalue weighted by molar-refractivity contribution is 7.45. The molecule has 69 heavy (non-hydrogen) atoms. The van der Waals surface area contributed by atoms with Crippen LogP contribution in [0, 0.1) is 0 Å². The molecule has 0 saturated carbocycles. The van der Waals surface area contributed by atoms with Gasteiger partial charge in [-0.2, -0.15) is 0 Å². The molecule has 8 nitrogen and oxygen atoms in total. The summed E-state index contributed by atoms with van der Waals surface area (Å²) < 4.78 is 23.4. The number of carbonyl (C=O) groups excluding carboxylic acids is 1. The first-order chi connectivity index (χ1) is 33.5. The van der Waals surface area contributed by atoms with E-state index in [1.54, 1.807) is 6.08 Å². The highest BCUT2D eigenvalue weighted by Crippen LogP contribution is 2.38. The smallest absolute Gasteiger partial charge is 0.268 e. The van der Waals surface area contributed by atoms with Gasteiger partial charge in [-0.25, -0.2) is 0 Å². The fourth-order valence-corrected chi connectivity index (χ4v) is 9.61. The van der Waals surface area contributed by atoms with Crippen LogP contribution in [0.15, 0.2) is 36.5 Å². The van der Waals surface area contributed by atoms with Gasteiger partial charge in [-0.3, -0.25) is 9.36 Å². The molecule has 0 aromatic carbocycles. The van der Waals surface area contributed by atoms with E-state index in [0.717, 1.165) is 51.4 Å². The summed E-state index contributed by atoms with van der Waals surface area (Å²) in [7, 11) is 1.26. The molecule has 0 aromatic rings. The first kappa shape index (κ1) is 67.7. The van der Waals surface area contributed by atoms with Gasteiger partial charge in [0, 0.05) is 6.42 Å². The number of quaternary nitrogens is 1. The topological polar surface area (TPSA) is 108 Å². The summed E-state index contributed by atoms with van der Waals surface area (Å²) in [4.78, 5) is 25.5. The summed E-state index contributed by atoms with van der Waals surface area (Å²) in [6.07, 6.45) is 66.6. The number of aliphatic hydroxyl groups excluding tert-OH is 1. The molecule has 0 spiro atoms. The summed E-state index contributed by atoms with van der Waals surface area (Å²) >= 11 is 0. The lowest BCUT2D eigenvalue weighted by atomic mass is 10.0. The molecule has 0 aliphatic carbocycles. The Labute approximate surface area is 429 Å². The van der Waals surface area contributed by atoms with Gasteiger partial charge in [-0.15, -0.1) is 0 Å². The number of aliphatic hydroxyl groups is 1. The second kappa shape index (κ2) is 51.6. The summed E-state index contributed by atoms with van der Waals surface area (Å²) in [5, 5.41) is 13.9. The number of carbonyl (C=O) groups is 1. The second-order valence-electron chi connectivity index (χ2n) is 21.7. The van der Waals surface area contributed by atoms with Crippen LogP contribution < -0.4 is 10.2 Å². The highest BCUT2D eigenvalue weighted by atomic mass is 31.2. The largest absolute Gasteiger partial charge is 0.756 e. The van der Waals surface area contributed by atoms with Gasteiger partial charge in [0.1, 0.15) is 13.2 Å². The Morgan fingerprint density at radius 3 is 1.23 bits per heavy atom. The summed E-state index contributed by atoms with van der Waals surface area (Å²) in [6, 6.07) is -0.891. The Bertz CT molecular complexity index is 1220. The molecule has 0 aromatic heterocycles. The van der Waals surface area contributed by atoms with E-state index in [2.05, 4.69) is 43.5 Å². The zero-order valence-corrected chi connectivity index (χ0v) is 47.4. The molecule has 0 radical (unpaired) electrons.